The van der Waals surface area contributed by atoms with Gasteiger partial charge in [0, 0.05) is 11.7 Å². The van der Waals surface area contributed by atoms with Crippen molar-refractivity contribution in [2.24, 2.45) is 0 Å². The van der Waals surface area contributed by atoms with E-state index in [9.17, 15) is 0 Å². The van der Waals surface area contributed by atoms with Crippen LogP contribution in [0.2, 0.25) is 0 Å². The van der Waals surface area contributed by atoms with E-state index in [2.05, 4.69) is 61.2 Å². The van der Waals surface area contributed by atoms with Crippen molar-refractivity contribution in [1.82, 2.24) is 0 Å². The fraction of sp³-hybridized carbons (Fsp3) is 0.143. The van der Waals surface area contributed by atoms with Crippen molar-refractivity contribution in [3.05, 3.63) is 71.8 Å². The fourth-order valence-electron chi connectivity index (χ4n) is 1.77. The maximum atomic E-state index is 4.44. The second-order valence-corrected chi connectivity index (χ2v) is 3.92. The highest BCUT2D eigenvalue weighted by Crippen LogP contribution is 2.25. The monoisotopic (exact) mass is 250 g/mol. The van der Waals surface area contributed by atoms with E-state index in [-0.39, 0.29) is 12.4 Å². The Morgan fingerprint density at radius 1 is 0.750 bits per heavy atom. The van der Waals surface area contributed by atoms with E-state index in [1.54, 1.807) is 0 Å². The van der Waals surface area contributed by atoms with Crippen molar-refractivity contribution in [2.75, 3.05) is 5.75 Å². The summed E-state index contributed by atoms with van der Waals surface area (Å²) in [5, 5.41) is 0. The summed E-state index contributed by atoms with van der Waals surface area (Å²) < 4.78 is 0. The van der Waals surface area contributed by atoms with Gasteiger partial charge in [0.2, 0.25) is 0 Å². The van der Waals surface area contributed by atoms with Gasteiger partial charge in [0.25, 0.3) is 0 Å². The zero-order valence-electron chi connectivity index (χ0n) is 8.91. The molecule has 2 aromatic carbocycles. The third kappa shape index (κ3) is 3.03. The lowest BCUT2D eigenvalue weighted by atomic mass is 9.93. The van der Waals surface area contributed by atoms with Crippen LogP contribution in [0.3, 0.4) is 0 Å². The quantitative estimate of drug-likeness (QED) is 0.777. The van der Waals surface area contributed by atoms with Crippen molar-refractivity contribution in [2.45, 2.75) is 5.92 Å². The van der Waals surface area contributed by atoms with Gasteiger partial charge in [0.05, 0.1) is 0 Å². The summed E-state index contributed by atoms with van der Waals surface area (Å²) in [6.07, 6.45) is 0. The lowest BCUT2D eigenvalue weighted by Crippen LogP contribution is -2.01. The Bertz CT molecular complexity index is 360. The van der Waals surface area contributed by atoms with Crippen LogP contribution in [0.5, 0.6) is 0 Å². The maximum absolute atomic E-state index is 4.44. The molecule has 0 saturated carbocycles. The molecule has 0 aliphatic heterocycles. The first-order valence-corrected chi connectivity index (χ1v) is 5.76. The van der Waals surface area contributed by atoms with E-state index in [0.29, 0.717) is 5.92 Å². The number of rotatable bonds is 3. The smallest absolute Gasteiger partial charge is 0.0177 e. The summed E-state index contributed by atoms with van der Waals surface area (Å²) in [5.41, 5.74) is 2.66. The van der Waals surface area contributed by atoms with E-state index < -0.39 is 0 Å². The molecule has 0 spiro atoms. The average Bonchev–Trinajstić information content (AvgIpc) is 2.33. The molecular weight excluding hydrogens is 236 g/mol. The van der Waals surface area contributed by atoms with Gasteiger partial charge >= 0.3 is 0 Å². The molecule has 0 unspecified atom stereocenters. The van der Waals surface area contributed by atoms with Crippen LogP contribution in [-0.4, -0.2) is 5.75 Å². The Labute approximate surface area is 109 Å². The minimum Gasteiger partial charge on any atom is -0.178 e. The zero-order chi connectivity index (χ0) is 10.5. The first kappa shape index (κ1) is 13.1. The Morgan fingerprint density at radius 3 is 1.44 bits per heavy atom. The van der Waals surface area contributed by atoms with E-state index in [1.165, 1.54) is 11.1 Å². The van der Waals surface area contributed by atoms with Gasteiger partial charge in [-0.05, 0) is 11.1 Å². The highest BCUT2D eigenvalue weighted by Gasteiger charge is 2.10. The first-order valence-electron chi connectivity index (χ1n) is 5.12. The van der Waals surface area contributed by atoms with Crippen LogP contribution >= 0.6 is 25.0 Å². The van der Waals surface area contributed by atoms with Crippen molar-refractivity contribution in [3.63, 3.8) is 0 Å². The lowest BCUT2D eigenvalue weighted by Gasteiger charge is -2.15. The van der Waals surface area contributed by atoms with E-state index >= 15 is 0 Å². The number of hydrogen-bond acceptors (Lipinski definition) is 1. The molecule has 2 heteroatoms. The van der Waals surface area contributed by atoms with Gasteiger partial charge in [0.1, 0.15) is 0 Å². The van der Waals surface area contributed by atoms with Gasteiger partial charge in [-0.3, -0.25) is 0 Å². The minimum atomic E-state index is 0. The second-order valence-electron chi connectivity index (χ2n) is 3.56. The highest BCUT2D eigenvalue weighted by atomic mass is 35.5. The zero-order valence-corrected chi connectivity index (χ0v) is 10.6. The predicted molar refractivity (Wildman–Crippen MR) is 75.8 cm³/mol. The third-order valence-electron chi connectivity index (χ3n) is 2.59. The van der Waals surface area contributed by atoms with Crippen molar-refractivity contribution in [1.29, 1.82) is 0 Å². The molecule has 0 aromatic heterocycles. The third-order valence-corrected chi connectivity index (χ3v) is 2.95. The maximum Gasteiger partial charge on any atom is 0.0177 e. The van der Waals surface area contributed by atoms with Crippen LogP contribution in [0.1, 0.15) is 17.0 Å². The molecule has 0 bridgehead atoms. The molecule has 16 heavy (non-hydrogen) atoms. The Hall–Kier alpha value is -0.920. The average molecular weight is 251 g/mol. The summed E-state index contributed by atoms with van der Waals surface area (Å²) in [7, 11) is 0. The summed E-state index contributed by atoms with van der Waals surface area (Å²) in [4.78, 5) is 0. The number of halogens is 1. The van der Waals surface area contributed by atoms with Crippen LogP contribution in [0.15, 0.2) is 60.7 Å². The molecule has 0 heterocycles. The molecular formula is C14H15ClS. The summed E-state index contributed by atoms with van der Waals surface area (Å²) in [6.45, 7) is 0. The molecule has 2 aromatic rings. The largest absolute Gasteiger partial charge is 0.178 e. The highest BCUT2D eigenvalue weighted by molar-refractivity contribution is 7.80. The van der Waals surface area contributed by atoms with Crippen LogP contribution in [0, 0.1) is 0 Å². The molecule has 0 aliphatic rings. The van der Waals surface area contributed by atoms with E-state index in [0.717, 1.165) is 5.75 Å². The molecule has 0 atom stereocenters. The van der Waals surface area contributed by atoms with Crippen molar-refractivity contribution < 1.29 is 0 Å². The van der Waals surface area contributed by atoms with Gasteiger partial charge in [-0.15, -0.1) is 12.4 Å². The lowest BCUT2D eigenvalue weighted by molar-refractivity contribution is 0.940. The minimum absolute atomic E-state index is 0. The Morgan fingerprint density at radius 2 is 1.12 bits per heavy atom. The van der Waals surface area contributed by atoms with Gasteiger partial charge in [-0.1, -0.05) is 60.7 Å². The Balaban J connectivity index is 0.00000128. The topological polar surface area (TPSA) is 0 Å². The van der Waals surface area contributed by atoms with Crippen molar-refractivity contribution in [3.8, 4) is 0 Å². The molecule has 2 rings (SSSR count). The predicted octanol–water partition coefficient (Wildman–Crippen LogP) is 4.17. The number of benzene rings is 2. The molecule has 84 valence electrons. The number of thiol groups is 1. The van der Waals surface area contributed by atoms with Crippen LogP contribution in [0.25, 0.3) is 0 Å². The molecule has 0 amide bonds. The van der Waals surface area contributed by atoms with Crippen LogP contribution in [-0.2, 0) is 0 Å². The SMILES string of the molecule is Cl.SCC(c1ccccc1)c1ccccc1. The standard InChI is InChI=1S/C14H14S.ClH/c15-11-14(12-7-3-1-4-8-12)13-9-5-2-6-10-13;/h1-10,14-15H,11H2;1H. The summed E-state index contributed by atoms with van der Waals surface area (Å²) in [5.74, 6) is 1.24. The van der Waals surface area contributed by atoms with Crippen LogP contribution < -0.4 is 0 Å². The van der Waals surface area contributed by atoms with Gasteiger partial charge < -0.3 is 0 Å². The van der Waals surface area contributed by atoms with Gasteiger partial charge in [-0.25, -0.2) is 0 Å². The molecule has 0 fully saturated rings. The van der Waals surface area contributed by atoms with E-state index in [4.69, 9.17) is 0 Å². The number of hydrogen-bond donors (Lipinski definition) is 1. The normalized spacial score (nSPS) is 9.88. The second kappa shape index (κ2) is 6.62. The van der Waals surface area contributed by atoms with Gasteiger partial charge in [-0.2, -0.15) is 12.6 Å². The Kier molecular flexibility index (Phi) is 5.44. The van der Waals surface area contributed by atoms with Crippen molar-refractivity contribution >= 4 is 25.0 Å². The van der Waals surface area contributed by atoms with E-state index in [1.807, 2.05) is 12.1 Å². The first-order chi connectivity index (χ1) is 7.42. The summed E-state index contributed by atoms with van der Waals surface area (Å²) in [6, 6.07) is 21.0. The molecule has 0 radical (unpaired) electrons. The fourth-order valence-corrected chi connectivity index (χ4v) is 2.20. The summed E-state index contributed by atoms with van der Waals surface area (Å²) >= 11 is 4.44. The molecule has 0 N–H and O–H groups in total. The molecule has 0 saturated heterocycles. The van der Waals surface area contributed by atoms with Crippen LogP contribution in [0.4, 0.5) is 0 Å². The van der Waals surface area contributed by atoms with Gasteiger partial charge in [0.15, 0.2) is 0 Å². The molecule has 0 aliphatic carbocycles. The molecule has 0 nitrogen and oxygen atoms in total.